The maximum Gasteiger partial charge on any atom is 0.250 e. The fourth-order valence-electron chi connectivity index (χ4n) is 5.33. The summed E-state index contributed by atoms with van der Waals surface area (Å²) >= 11 is 0. The van der Waals surface area contributed by atoms with Crippen molar-refractivity contribution in [3.63, 3.8) is 0 Å². The normalized spacial score (nSPS) is 18.7. The predicted molar refractivity (Wildman–Crippen MR) is 155 cm³/mol. The van der Waals surface area contributed by atoms with E-state index >= 15 is 0 Å². The molecular weight excluding hydrogens is 534 g/mol. The van der Waals surface area contributed by atoms with Crippen LogP contribution in [0.3, 0.4) is 0 Å². The minimum atomic E-state index is -3.62. The molecule has 1 saturated heterocycles. The van der Waals surface area contributed by atoms with Crippen molar-refractivity contribution < 1.29 is 21.6 Å². The average molecular weight is 574 g/mol. The third kappa shape index (κ3) is 7.78. The first-order chi connectivity index (χ1) is 18.5. The SMILES string of the molecule is CN(C(=O)/C=C/c1ccc(S(C)(=O)=O)cc1)c1ccc(S(=O)(=O)N2CCCN(CC3CCCCC3)CC2)cc1. The second-order valence-corrected chi connectivity index (χ2v) is 14.6. The first-order valence-electron chi connectivity index (χ1n) is 13.6. The van der Waals surface area contributed by atoms with Crippen molar-refractivity contribution in [1.29, 1.82) is 0 Å². The molecule has 0 spiro atoms. The number of sulfone groups is 1. The van der Waals surface area contributed by atoms with Crippen LogP contribution in [0.25, 0.3) is 6.08 Å². The molecule has 0 aromatic heterocycles. The Labute approximate surface area is 233 Å². The van der Waals surface area contributed by atoms with E-state index in [2.05, 4.69) is 4.90 Å². The number of anilines is 1. The van der Waals surface area contributed by atoms with Gasteiger partial charge in [0, 0.05) is 51.2 Å². The van der Waals surface area contributed by atoms with Crippen molar-refractivity contribution >= 4 is 37.5 Å². The number of carbonyl (C=O) groups is 1. The van der Waals surface area contributed by atoms with Gasteiger partial charge in [-0.1, -0.05) is 31.4 Å². The summed E-state index contributed by atoms with van der Waals surface area (Å²) in [6.07, 6.45) is 11.5. The zero-order valence-corrected chi connectivity index (χ0v) is 24.5. The number of sulfonamides is 1. The molecule has 1 aliphatic carbocycles. The van der Waals surface area contributed by atoms with E-state index in [-0.39, 0.29) is 15.7 Å². The summed E-state index contributed by atoms with van der Waals surface area (Å²) in [7, 11) is -5.27. The zero-order chi connectivity index (χ0) is 28.0. The summed E-state index contributed by atoms with van der Waals surface area (Å²) in [6, 6.07) is 12.7. The monoisotopic (exact) mass is 573 g/mol. The summed E-state index contributed by atoms with van der Waals surface area (Å²) in [6.45, 7) is 3.77. The van der Waals surface area contributed by atoms with Crippen LogP contribution in [0, 0.1) is 5.92 Å². The molecule has 2 aromatic rings. The van der Waals surface area contributed by atoms with Crippen LogP contribution in [0.2, 0.25) is 0 Å². The van der Waals surface area contributed by atoms with E-state index in [0.717, 1.165) is 38.2 Å². The van der Waals surface area contributed by atoms with Gasteiger partial charge in [0.15, 0.2) is 9.84 Å². The Balaban J connectivity index is 1.35. The lowest BCUT2D eigenvalue weighted by atomic mass is 9.89. The number of nitrogens with zero attached hydrogens (tertiary/aromatic N) is 3. The minimum Gasteiger partial charge on any atom is -0.312 e. The van der Waals surface area contributed by atoms with Crippen LogP contribution < -0.4 is 4.90 Å². The van der Waals surface area contributed by atoms with Gasteiger partial charge in [0.25, 0.3) is 5.91 Å². The van der Waals surface area contributed by atoms with E-state index in [4.69, 9.17) is 0 Å². The average Bonchev–Trinajstić information content (AvgIpc) is 3.18. The maximum absolute atomic E-state index is 13.4. The van der Waals surface area contributed by atoms with Crippen LogP contribution in [-0.2, 0) is 24.7 Å². The van der Waals surface area contributed by atoms with Crippen LogP contribution in [0.5, 0.6) is 0 Å². The second-order valence-electron chi connectivity index (χ2n) is 10.6. The molecule has 0 bridgehead atoms. The molecule has 0 atom stereocenters. The van der Waals surface area contributed by atoms with Gasteiger partial charge < -0.3 is 9.80 Å². The van der Waals surface area contributed by atoms with Gasteiger partial charge in [-0.2, -0.15) is 4.31 Å². The molecule has 8 nitrogen and oxygen atoms in total. The van der Waals surface area contributed by atoms with Gasteiger partial charge in [0.1, 0.15) is 0 Å². The molecule has 1 aliphatic heterocycles. The molecule has 212 valence electrons. The zero-order valence-electron chi connectivity index (χ0n) is 22.8. The largest absolute Gasteiger partial charge is 0.312 e. The van der Waals surface area contributed by atoms with Crippen LogP contribution >= 0.6 is 0 Å². The van der Waals surface area contributed by atoms with Crippen molar-refractivity contribution in [1.82, 2.24) is 9.21 Å². The highest BCUT2D eigenvalue weighted by molar-refractivity contribution is 7.90. The Morgan fingerprint density at radius 2 is 1.49 bits per heavy atom. The third-order valence-electron chi connectivity index (χ3n) is 7.71. The molecule has 1 heterocycles. The molecule has 2 fully saturated rings. The van der Waals surface area contributed by atoms with Crippen molar-refractivity contribution in [3.05, 3.63) is 60.2 Å². The Morgan fingerprint density at radius 3 is 2.13 bits per heavy atom. The number of amides is 1. The summed E-state index contributed by atoms with van der Waals surface area (Å²) in [5, 5.41) is 0. The van der Waals surface area contributed by atoms with E-state index in [1.54, 1.807) is 53.8 Å². The molecule has 39 heavy (non-hydrogen) atoms. The third-order valence-corrected chi connectivity index (χ3v) is 10.7. The van der Waals surface area contributed by atoms with Crippen LogP contribution in [0.15, 0.2) is 64.4 Å². The van der Waals surface area contributed by atoms with Gasteiger partial charge in [-0.25, -0.2) is 16.8 Å². The highest BCUT2D eigenvalue weighted by Crippen LogP contribution is 2.26. The van der Waals surface area contributed by atoms with Crippen molar-refractivity contribution in [2.45, 2.75) is 48.3 Å². The van der Waals surface area contributed by atoms with Crippen molar-refractivity contribution in [2.75, 3.05) is 50.9 Å². The predicted octanol–water partition coefficient (Wildman–Crippen LogP) is 4.04. The number of hydrogen-bond acceptors (Lipinski definition) is 6. The van der Waals surface area contributed by atoms with E-state index in [1.807, 2.05) is 0 Å². The number of benzene rings is 2. The van der Waals surface area contributed by atoms with Crippen LogP contribution in [0.4, 0.5) is 5.69 Å². The van der Waals surface area contributed by atoms with E-state index in [9.17, 15) is 21.6 Å². The van der Waals surface area contributed by atoms with Gasteiger partial charge in [0.2, 0.25) is 10.0 Å². The lowest BCUT2D eigenvalue weighted by Crippen LogP contribution is -2.36. The van der Waals surface area contributed by atoms with Gasteiger partial charge in [-0.15, -0.1) is 0 Å². The summed E-state index contributed by atoms with van der Waals surface area (Å²) in [4.78, 5) is 17.0. The second kappa shape index (κ2) is 12.8. The molecule has 1 amide bonds. The van der Waals surface area contributed by atoms with Gasteiger partial charge in [-0.05, 0) is 79.8 Å². The van der Waals surface area contributed by atoms with Crippen LogP contribution in [0.1, 0.15) is 44.1 Å². The fraction of sp³-hybridized carbons (Fsp3) is 0.483. The van der Waals surface area contributed by atoms with Crippen molar-refractivity contribution in [2.24, 2.45) is 5.92 Å². The van der Waals surface area contributed by atoms with E-state index in [1.165, 1.54) is 55.2 Å². The molecule has 0 N–H and O–H groups in total. The molecule has 0 radical (unpaired) electrons. The lowest BCUT2D eigenvalue weighted by molar-refractivity contribution is -0.113. The first kappa shape index (κ1) is 29.5. The molecule has 2 aromatic carbocycles. The number of rotatable bonds is 8. The minimum absolute atomic E-state index is 0.218. The van der Waals surface area contributed by atoms with Gasteiger partial charge in [-0.3, -0.25) is 4.79 Å². The highest BCUT2D eigenvalue weighted by Gasteiger charge is 2.28. The smallest absolute Gasteiger partial charge is 0.250 e. The molecule has 2 aliphatic rings. The topological polar surface area (TPSA) is 95.1 Å². The van der Waals surface area contributed by atoms with Crippen molar-refractivity contribution in [3.8, 4) is 0 Å². The summed E-state index contributed by atoms with van der Waals surface area (Å²) < 4.78 is 51.6. The Morgan fingerprint density at radius 1 is 0.846 bits per heavy atom. The number of likely N-dealkylation sites (N-methyl/N-ethyl adjacent to an activating group) is 1. The molecule has 1 saturated carbocycles. The van der Waals surface area contributed by atoms with E-state index < -0.39 is 19.9 Å². The molecule has 10 heteroatoms. The highest BCUT2D eigenvalue weighted by atomic mass is 32.2. The summed E-state index contributed by atoms with van der Waals surface area (Å²) in [5.41, 5.74) is 1.27. The Hall–Kier alpha value is -2.53. The van der Waals surface area contributed by atoms with Gasteiger partial charge >= 0.3 is 0 Å². The lowest BCUT2D eigenvalue weighted by Gasteiger charge is -2.28. The Bertz CT molecular complexity index is 1370. The Kier molecular flexibility index (Phi) is 9.64. The maximum atomic E-state index is 13.4. The number of carbonyl (C=O) groups excluding carboxylic acids is 1. The fourth-order valence-corrected chi connectivity index (χ4v) is 7.43. The van der Waals surface area contributed by atoms with Gasteiger partial charge in [0.05, 0.1) is 9.79 Å². The van der Waals surface area contributed by atoms with Crippen LogP contribution in [-0.4, -0.2) is 78.0 Å². The quantitative estimate of drug-likeness (QED) is 0.443. The molecule has 4 rings (SSSR count). The number of hydrogen-bond donors (Lipinski definition) is 0. The van der Waals surface area contributed by atoms with E-state index in [0.29, 0.717) is 24.3 Å². The molecule has 0 unspecified atom stereocenters. The molecular formula is C29H39N3O5S2. The first-order valence-corrected chi connectivity index (χ1v) is 17.0. The standard InChI is InChI=1S/C29H39N3O5S2/c1-30(29(33)18-11-24-9-14-27(15-10-24)38(2,34)35)26-12-16-28(17-13-26)39(36,37)32-20-6-19-31(21-22-32)23-25-7-4-3-5-8-25/h9-18,25H,3-8,19-23H2,1-2H3/b18-11+. The summed E-state index contributed by atoms with van der Waals surface area (Å²) in [5.74, 6) is 0.452.